The van der Waals surface area contributed by atoms with Gasteiger partial charge in [-0.1, -0.05) is 30.3 Å². The molecule has 2 atom stereocenters. The van der Waals surface area contributed by atoms with E-state index in [4.69, 9.17) is 9.47 Å². The SMILES string of the molecule is CC(=O)O[C@H](C)[13C@@H](OC(C)=O)[13c]1[13cH][13cH][13cH][13cH][13cH]1. The molecule has 0 unspecified atom stereocenters. The number of carbonyl (C=O) groups excluding carboxylic acids is 2. The molecule has 0 aliphatic rings. The summed E-state index contributed by atoms with van der Waals surface area (Å²) >= 11 is 0. The molecule has 4 nitrogen and oxygen atoms in total. The van der Waals surface area contributed by atoms with E-state index in [1.807, 2.05) is 30.3 Å². The Labute approximate surface area is 101 Å². The predicted molar refractivity (Wildman–Crippen MR) is 62.2 cm³/mol. The molecule has 0 amide bonds. The van der Waals surface area contributed by atoms with Crippen molar-refractivity contribution in [1.82, 2.24) is 0 Å². The number of benzene rings is 1. The average molecular weight is 243 g/mol. The van der Waals surface area contributed by atoms with Gasteiger partial charge < -0.3 is 9.47 Å². The van der Waals surface area contributed by atoms with Crippen molar-refractivity contribution in [3.05, 3.63) is 35.9 Å². The van der Waals surface area contributed by atoms with Crippen molar-refractivity contribution < 1.29 is 19.1 Å². The van der Waals surface area contributed by atoms with Crippen LogP contribution in [0.2, 0.25) is 0 Å². The highest BCUT2D eigenvalue weighted by molar-refractivity contribution is 5.67. The van der Waals surface area contributed by atoms with E-state index in [2.05, 4.69) is 0 Å². The van der Waals surface area contributed by atoms with Crippen molar-refractivity contribution in [1.29, 1.82) is 0 Å². The van der Waals surface area contributed by atoms with Crippen molar-refractivity contribution in [3.8, 4) is 0 Å². The Hall–Kier alpha value is -1.84. The molecule has 0 bridgehead atoms. The molecule has 0 spiro atoms. The van der Waals surface area contributed by atoms with Crippen LogP contribution in [0.1, 0.15) is 32.4 Å². The summed E-state index contributed by atoms with van der Waals surface area (Å²) in [5.41, 5.74) is 0.802. The number of rotatable bonds is 4. The molecule has 0 saturated heterocycles. The molecule has 1 rings (SSSR count). The molecule has 0 radical (unpaired) electrons. The van der Waals surface area contributed by atoms with Gasteiger partial charge in [-0.15, -0.1) is 0 Å². The Morgan fingerprint density at radius 1 is 1.00 bits per heavy atom. The van der Waals surface area contributed by atoms with Crippen LogP contribution >= 0.6 is 0 Å². The zero-order chi connectivity index (χ0) is 12.8. The lowest BCUT2D eigenvalue weighted by molar-refractivity contribution is -0.164. The summed E-state index contributed by atoms with van der Waals surface area (Å²) in [6.07, 6.45) is -1.09. The van der Waals surface area contributed by atoms with Crippen molar-refractivity contribution in [3.63, 3.8) is 0 Å². The summed E-state index contributed by atoms with van der Waals surface area (Å²) in [4.78, 5) is 22.0. The molecule has 0 N–H and O–H groups in total. The van der Waals surface area contributed by atoms with E-state index in [1.54, 1.807) is 6.92 Å². The zero-order valence-electron chi connectivity index (χ0n) is 10.2. The van der Waals surface area contributed by atoms with Crippen LogP contribution in [0, 0.1) is 0 Å². The summed E-state index contributed by atoms with van der Waals surface area (Å²) in [6, 6.07) is 9.20. The van der Waals surface area contributed by atoms with Gasteiger partial charge in [-0.25, -0.2) is 0 Å². The van der Waals surface area contributed by atoms with Crippen LogP contribution in [0.25, 0.3) is 0 Å². The van der Waals surface area contributed by atoms with Crippen LogP contribution in [0.15, 0.2) is 30.3 Å². The van der Waals surface area contributed by atoms with E-state index in [0.717, 1.165) is 5.56 Å². The summed E-state index contributed by atoms with van der Waals surface area (Å²) in [5, 5.41) is 0. The first kappa shape index (κ1) is 13.2. The van der Waals surface area contributed by atoms with Gasteiger partial charge in [0, 0.05) is 13.8 Å². The second-order valence-electron chi connectivity index (χ2n) is 3.76. The van der Waals surface area contributed by atoms with Crippen LogP contribution in [0.4, 0.5) is 0 Å². The second-order valence-corrected chi connectivity index (χ2v) is 3.76. The van der Waals surface area contributed by atoms with Crippen molar-refractivity contribution in [2.45, 2.75) is 33.0 Å². The standard InChI is InChI=1S/C13H16O4/c1-9(16-10(2)14)13(17-11(3)15)12-7-5-4-6-8-12/h4-9,13H,1-3H3/t9-,13-/m1/s1/i4+1,5+1,6+1,7+1,8+1,12+1,13+1. The first-order valence-electron chi connectivity index (χ1n) is 5.40. The molecular formula is C13H16O4. The van der Waals surface area contributed by atoms with Crippen LogP contribution in [-0.2, 0) is 19.1 Å². The highest BCUT2D eigenvalue weighted by Crippen LogP contribution is 2.23. The maximum absolute atomic E-state index is 11.1. The number of carbonyl (C=O) groups is 2. The first-order chi connectivity index (χ1) is 8.00. The van der Waals surface area contributed by atoms with E-state index in [1.165, 1.54) is 13.8 Å². The molecule has 92 valence electrons. The molecule has 0 fully saturated rings. The lowest BCUT2D eigenvalue weighted by Crippen LogP contribution is -2.25. The number of esters is 2. The van der Waals surface area contributed by atoms with Gasteiger partial charge in [0.1, 0.15) is 6.10 Å². The van der Waals surface area contributed by atoms with Crippen molar-refractivity contribution >= 4 is 11.9 Å². The maximum Gasteiger partial charge on any atom is 0.303 e. The van der Waals surface area contributed by atoms with Gasteiger partial charge in [0.25, 0.3) is 0 Å². The third kappa shape index (κ3) is 4.26. The summed E-state index contributed by atoms with van der Waals surface area (Å²) in [5.74, 6) is -0.802. The van der Waals surface area contributed by atoms with Gasteiger partial charge in [-0.2, -0.15) is 0 Å². The maximum atomic E-state index is 11.1. The third-order valence-corrected chi connectivity index (χ3v) is 2.20. The van der Waals surface area contributed by atoms with Crippen LogP contribution in [0.3, 0.4) is 0 Å². The Morgan fingerprint density at radius 3 is 2.00 bits per heavy atom. The fraction of sp³-hybridized carbons (Fsp3) is 0.385. The highest BCUT2D eigenvalue weighted by atomic mass is 16.6. The molecule has 4 heteroatoms. The van der Waals surface area contributed by atoms with Gasteiger partial charge in [0.05, 0.1) is 0 Å². The van der Waals surface area contributed by atoms with E-state index < -0.39 is 24.1 Å². The van der Waals surface area contributed by atoms with Crippen molar-refractivity contribution in [2.75, 3.05) is 0 Å². The number of hydrogen-bond donors (Lipinski definition) is 0. The largest absolute Gasteiger partial charge is 0.459 e. The second kappa shape index (κ2) is 6.03. The molecular weight excluding hydrogens is 227 g/mol. The van der Waals surface area contributed by atoms with Crippen LogP contribution in [0.5, 0.6) is 0 Å². The molecule has 0 aliphatic heterocycles. The van der Waals surface area contributed by atoms with Gasteiger partial charge in [0.2, 0.25) is 0 Å². The predicted octanol–water partition coefficient (Wildman–Crippen LogP) is 2.24. The fourth-order valence-electron chi connectivity index (χ4n) is 1.58. The quantitative estimate of drug-likeness (QED) is 0.601. The van der Waals surface area contributed by atoms with Gasteiger partial charge in [-0.3, -0.25) is 9.59 Å². The van der Waals surface area contributed by atoms with E-state index in [-0.39, 0.29) is 0 Å². The molecule has 0 saturated carbocycles. The summed E-state index contributed by atoms with van der Waals surface area (Å²) in [7, 11) is 0. The monoisotopic (exact) mass is 243 g/mol. The van der Waals surface area contributed by atoms with Gasteiger partial charge in [-0.05, 0) is 12.5 Å². The summed E-state index contributed by atoms with van der Waals surface area (Å²) in [6.45, 7) is 4.35. The minimum Gasteiger partial charge on any atom is -0.459 e. The molecule has 17 heavy (non-hydrogen) atoms. The Kier molecular flexibility index (Phi) is 4.69. The zero-order valence-corrected chi connectivity index (χ0v) is 10.2. The Balaban J connectivity index is 2.87. The van der Waals surface area contributed by atoms with Crippen molar-refractivity contribution in [2.24, 2.45) is 0 Å². The van der Waals surface area contributed by atoms with E-state index >= 15 is 0 Å². The fourth-order valence-corrected chi connectivity index (χ4v) is 1.58. The van der Waals surface area contributed by atoms with Crippen LogP contribution < -0.4 is 0 Å². The molecule has 0 aliphatic carbocycles. The van der Waals surface area contributed by atoms with E-state index in [9.17, 15) is 9.59 Å². The Bertz CT molecular complexity index is 386. The van der Waals surface area contributed by atoms with Crippen LogP contribution in [-0.4, -0.2) is 18.0 Å². The van der Waals surface area contributed by atoms with E-state index in [0.29, 0.717) is 0 Å². The number of ether oxygens (including phenoxy) is 2. The lowest BCUT2D eigenvalue weighted by Gasteiger charge is -2.23. The van der Waals surface area contributed by atoms with Gasteiger partial charge in [0.15, 0.2) is 6.10 Å². The molecule has 1 aromatic carbocycles. The smallest absolute Gasteiger partial charge is 0.303 e. The minimum absolute atomic E-state index is 0.398. The third-order valence-electron chi connectivity index (χ3n) is 2.20. The average Bonchev–Trinajstić information content (AvgIpc) is 2.25. The molecule has 0 heterocycles. The summed E-state index contributed by atoms with van der Waals surface area (Å²) < 4.78 is 10.2. The normalized spacial score (nSPS) is 13.6. The molecule has 0 aromatic heterocycles. The highest BCUT2D eigenvalue weighted by Gasteiger charge is 2.24. The molecule has 1 aromatic rings. The van der Waals surface area contributed by atoms with Gasteiger partial charge >= 0.3 is 11.9 Å². The topological polar surface area (TPSA) is 52.6 Å². The first-order valence-corrected chi connectivity index (χ1v) is 5.40. The number of hydrogen-bond acceptors (Lipinski definition) is 4. The minimum atomic E-state index is -0.572. The Morgan fingerprint density at radius 2 is 1.53 bits per heavy atom. The lowest BCUT2D eigenvalue weighted by atomic mass is 10.5.